The van der Waals surface area contributed by atoms with Crippen LogP contribution in [0.1, 0.15) is 40.5 Å². The molecule has 0 aromatic rings. The Morgan fingerprint density at radius 2 is 1.90 bits per heavy atom. The molecule has 114 valence electrons. The van der Waals surface area contributed by atoms with Crippen molar-refractivity contribution < 1.29 is 23.8 Å². The van der Waals surface area contributed by atoms with E-state index in [4.69, 9.17) is 14.2 Å². The van der Waals surface area contributed by atoms with Crippen LogP contribution in [0.25, 0.3) is 0 Å². The highest BCUT2D eigenvalue weighted by Gasteiger charge is 2.51. The van der Waals surface area contributed by atoms with E-state index in [0.717, 1.165) is 0 Å². The second-order valence-corrected chi connectivity index (χ2v) is 6.30. The first-order chi connectivity index (χ1) is 9.30. The lowest BCUT2D eigenvalue weighted by Gasteiger charge is -2.29. The zero-order valence-corrected chi connectivity index (χ0v) is 12.5. The van der Waals surface area contributed by atoms with Gasteiger partial charge in [0.2, 0.25) is 0 Å². The van der Waals surface area contributed by atoms with Crippen LogP contribution in [0.15, 0.2) is 0 Å². The molecule has 0 spiro atoms. The first-order valence-corrected chi connectivity index (χ1v) is 7.11. The van der Waals surface area contributed by atoms with Gasteiger partial charge in [-0.3, -0.25) is 4.79 Å². The Morgan fingerprint density at radius 3 is 2.50 bits per heavy atom. The Hall–Kier alpha value is -1.30. The average molecular weight is 285 g/mol. The molecular formula is C14H23NO5. The molecule has 20 heavy (non-hydrogen) atoms. The van der Waals surface area contributed by atoms with Crippen molar-refractivity contribution in [3.63, 3.8) is 0 Å². The van der Waals surface area contributed by atoms with Gasteiger partial charge in [-0.2, -0.15) is 0 Å². The van der Waals surface area contributed by atoms with Crippen molar-refractivity contribution in [3.8, 4) is 0 Å². The average Bonchev–Trinajstić information content (AvgIpc) is 3.03. The first kappa shape index (κ1) is 15.1. The third kappa shape index (κ3) is 3.85. The van der Waals surface area contributed by atoms with E-state index in [9.17, 15) is 9.59 Å². The summed E-state index contributed by atoms with van der Waals surface area (Å²) >= 11 is 0. The number of ether oxygens (including phenoxy) is 3. The number of rotatable bonds is 3. The minimum absolute atomic E-state index is 0.140. The van der Waals surface area contributed by atoms with Crippen molar-refractivity contribution in [2.24, 2.45) is 5.92 Å². The molecule has 2 rings (SSSR count). The molecule has 1 saturated heterocycles. The molecule has 1 N–H and O–H groups in total. The van der Waals surface area contributed by atoms with Crippen molar-refractivity contribution >= 4 is 12.1 Å². The Morgan fingerprint density at radius 1 is 1.25 bits per heavy atom. The van der Waals surface area contributed by atoms with Crippen LogP contribution in [0.2, 0.25) is 0 Å². The van der Waals surface area contributed by atoms with Gasteiger partial charge in [0, 0.05) is 6.04 Å². The molecule has 0 bridgehead atoms. The van der Waals surface area contributed by atoms with Crippen LogP contribution >= 0.6 is 0 Å². The predicted molar refractivity (Wildman–Crippen MR) is 71.2 cm³/mol. The van der Waals surface area contributed by atoms with E-state index in [1.54, 1.807) is 27.7 Å². The summed E-state index contributed by atoms with van der Waals surface area (Å²) in [6, 6.07) is -0.285. The summed E-state index contributed by atoms with van der Waals surface area (Å²) < 4.78 is 15.8. The first-order valence-electron chi connectivity index (χ1n) is 7.11. The van der Waals surface area contributed by atoms with E-state index < -0.39 is 11.7 Å². The van der Waals surface area contributed by atoms with Gasteiger partial charge in [-0.1, -0.05) is 0 Å². The monoisotopic (exact) mass is 285 g/mol. The molecule has 2 aliphatic rings. The number of fused-ring (bicyclic) bond motifs is 1. The van der Waals surface area contributed by atoms with Gasteiger partial charge in [0.15, 0.2) is 0 Å². The van der Waals surface area contributed by atoms with Gasteiger partial charge in [0.1, 0.15) is 5.60 Å². The molecule has 1 saturated carbocycles. The highest BCUT2D eigenvalue weighted by molar-refractivity contribution is 5.75. The van der Waals surface area contributed by atoms with Crippen LogP contribution in [0.4, 0.5) is 4.79 Å². The molecule has 0 aromatic heterocycles. The number of esters is 1. The summed E-state index contributed by atoms with van der Waals surface area (Å²) in [6.45, 7) is 7.51. The third-order valence-electron chi connectivity index (χ3n) is 3.44. The number of epoxide rings is 1. The van der Waals surface area contributed by atoms with E-state index in [0.29, 0.717) is 19.4 Å². The second kappa shape index (κ2) is 5.60. The SMILES string of the molecule is CCOC(=O)[C@@H]1C[C@H]2O[C@H]2C[C@@H]1NC(=O)OC(C)(C)C. The van der Waals surface area contributed by atoms with Crippen LogP contribution in [-0.4, -0.2) is 42.5 Å². The number of amides is 1. The highest BCUT2D eigenvalue weighted by Crippen LogP contribution is 2.40. The van der Waals surface area contributed by atoms with Crippen LogP contribution in [0.3, 0.4) is 0 Å². The largest absolute Gasteiger partial charge is 0.466 e. The molecule has 4 atom stereocenters. The zero-order chi connectivity index (χ0) is 14.9. The maximum atomic E-state index is 12.0. The summed E-state index contributed by atoms with van der Waals surface area (Å²) in [5.74, 6) is -0.631. The van der Waals surface area contributed by atoms with Crippen LogP contribution in [0.5, 0.6) is 0 Å². The van der Waals surface area contributed by atoms with Gasteiger partial charge in [0.05, 0.1) is 24.7 Å². The van der Waals surface area contributed by atoms with Crippen molar-refractivity contribution in [2.45, 2.75) is 64.4 Å². The van der Waals surface area contributed by atoms with E-state index >= 15 is 0 Å². The normalized spacial score (nSPS) is 32.0. The van der Waals surface area contributed by atoms with Crippen molar-refractivity contribution in [3.05, 3.63) is 0 Å². The fraction of sp³-hybridized carbons (Fsp3) is 0.857. The molecule has 1 aliphatic heterocycles. The van der Waals surface area contributed by atoms with Crippen molar-refractivity contribution in [1.82, 2.24) is 5.32 Å². The van der Waals surface area contributed by atoms with E-state index in [-0.39, 0.29) is 30.1 Å². The summed E-state index contributed by atoms with van der Waals surface area (Å²) in [6.07, 6.45) is 1.02. The maximum absolute atomic E-state index is 12.0. The Kier molecular flexibility index (Phi) is 4.22. The lowest BCUT2D eigenvalue weighted by atomic mass is 9.84. The molecule has 1 heterocycles. The lowest BCUT2D eigenvalue weighted by Crippen LogP contribution is -2.48. The number of alkyl carbamates (subject to hydrolysis) is 1. The standard InChI is InChI=1S/C14H23NO5/c1-5-18-12(16)8-6-10-11(19-10)7-9(8)15-13(17)20-14(2,3)4/h8-11H,5-7H2,1-4H3,(H,15,17)/t8-,9+,10-,11+/m1/s1. The van der Waals surface area contributed by atoms with Crippen molar-refractivity contribution in [1.29, 1.82) is 0 Å². The lowest BCUT2D eigenvalue weighted by molar-refractivity contribution is -0.149. The van der Waals surface area contributed by atoms with Gasteiger partial charge < -0.3 is 19.5 Å². The number of hydrogen-bond acceptors (Lipinski definition) is 5. The quantitative estimate of drug-likeness (QED) is 0.630. The predicted octanol–water partition coefficient (Wildman–Crippen LogP) is 1.62. The Bertz CT molecular complexity index is 390. The molecule has 2 fully saturated rings. The highest BCUT2D eigenvalue weighted by atomic mass is 16.6. The van der Waals surface area contributed by atoms with Crippen LogP contribution < -0.4 is 5.32 Å². The zero-order valence-electron chi connectivity index (χ0n) is 12.5. The van der Waals surface area contributed by atoms with Gasteiger partial charge in [-0.15, -0.1) is 0 Å². The smallest absolute Gasteiger partial charge is 0.407 e. The third-order valence-corrected chi connectivity index (χ3v) is 3.44. The number of carbonyl (C=O) groups is 2. The molecule has 0 radical (unpaired) electrons. The minimum atomic E-state index is -0.559. The number of hydrogen-bond donors (Lipinski definition) is 1. The molecular weight excluding hydrogens is 262 g/mol. The minimum Gasteiger partial charge on any atom is -0.466 e. The van der Waals surface area contributed by atoms with Gasteiger partial charge >= 0.3 is 12.1 Å². The summed E-state index contributed by atoms with van der Waals surface area (Å²) in [7, 11) is 0. The fourth-order valence-corrected chi connectivity index (χ4v) is 2.55. The Balaban J connectivity index is 1.95. The van der Waals surface area contributed by atoms with Crippen LogP contribution in [-0.2, 0) is 19.0 Å². The van der Waals surface area contributed by atoms with Crippen molar-refractivity contribution in [2.75, 3.05) is 6.61 Å². The molecule has 1 aliphatic carbocycles. The van der Waals surface area contributed by atoms with Crippen LogP contribution in [0, 0.1) is 5.92 Å². The van der Waals surface area contributed by atoms with Gasteiger partial charge in [0.25, 0.3) is 0 Å². The molecule has 0 unspecified atom stereocenters. The van der Waals surface area contributed by atoms with E-state index in [1.165, 1.54) is 0 Å². The fourth-order valence-electron chi connectivity index (χ4n) is 2.55. The summed E-state index contributed by atoms with van der Waals surface area (Å²) in [5, 5.41) is 2.78. The van der Waals surface area contributed by atoms with E-state index in [2.05, 4.69) is 5.32 Å². The maximum Gasteiger partial charge on any atom is 0.407 e. The van der Waals surface area contributed by atoms with Gasteiger partial charge in [-0.05, 0) is 40.5 Å². The molecule has 6 nitrogen and oxygen atoms in total. The number of carbonyl (C=O) groups excluding carboxylic acids is 2. The topological polar surface area (TPSA) is 77.2 Å². The van der Waals surface area contributed by atoms with E-state index in [1.807, 2.05) is 0 Å². The van der Waals surface area contributed by atoms with Gasteiger partial charge in [-0.25, -0.2) is 4.79 Å². The Labute approximate surface area is 119 Å². The summed E-state index contributed by atoms with van der Waals surface area (Å²) in [5.41, 5.74) is -0.559. The molecule has 6 heteroatoms. The summed E-state index contributed by atoms with van der Waals surface area (Å²) in [4.78, 5) is 23.8. The second-order valence-electron chi connectivity index (χ2n) is 6.30. The number of nitrogens with one attached hydrogen (secondary N) is 1. The molecule has 1 amide bonds. The molecule has 0 aromatic carbocycles.